The van der Waals surface area contributed by atoms with E-state index in [2.05, 4.69) is 48.5 Å². The summed E-state index contributed by atoms with van der Waals surface area (Å²) >= 11 is 14.3. The first-order chi connectivity index (χ1) is 38.2. The molecule has 0 aromatic carbocycles. The molecule has 3 atom stereocenters. The van der Waals surface area contributed by atoms with Gasteiger partial charge in [0.15, 0.2) is 0 Å². The molecule has 0 radical (unpaired) electrons. The van der Waals surface area contributed by atoms with Crippen LogP contribution in [0, 0.1) is 17.8 Å². The van der Waals surface area contributed by atoms with Crippen LogP contribution in [-0.2, 0) is 9.22 Å². The Balaban J connectivity index is 5.33. The van der Waals surface area contributed by atoms with Crippen molar-refractivity contribution < 1.29 is 9.22 Å². The van der Waals surface area contributed by atoms with Gasteiger partial charge < -0.3 is 0 Å². The van der Waals surface area contributed by atoms with Gasteiger partial charge in [0.25, 0.3) is 0 Å². The molecule has 7 heteroatoms. The standard InChI is InChI=1S/3C21H42OS.C8H17.Sn/c3*1-3-4-5-6-7-8-9-10-11-12-13-14-15-16-17-18-19-20(2)21(22)23;1-3-5-7-8-6-4-2;/h3*20H,3-19H2,1-2H3,(H,22,23);1,3-8H2,2H3;/q;;;;+3/p-3. The van der Waals surface area contributed by atoms with Gasteiger partial charge in [0.1, 0.15) is 0 Å². The molecule has 0 aliphatic rings. The minimum absolute atomic E-state index is 0.173. The quantitative estimate of drug-likeness (QED) is 0.0342. The zero-order valence-corrected chi connectivity index (χ0v) is 59.5. The van der Waals surface area contributed by atoms with Gasteiger partial charge in [-0.15, -0.1) is 0 Å². The molecular formula is C71H140O3S3Sn. The topological polar surface area (TPSA) is 27.7 Å². The average molecular weight is 1260 g/mol. The maximum absolute atomic E-state index is 7.14. The summed E-state index contributed by atoms with van der Waals surface area (Å²) in [5, 5.41) is 2.04. The Morgan fingerprint density at radius 3 is 0.538 bits per heavy atom. The van der Waals surface area contributed by atoms with E-state index in [0.717, 1.165) is 36.5 Å². The van der Waals surface area contributed by atoms with Crippen molar-refractivity contribution in [2.24, 2.45) is 17.8 Å². The Morgan fingerprint density at radius 1 is 0.231 bits per heavy atom. The molecule has 464 valence electrons. The molecule has 0 heterocycles. The minimum Gasteiger partial charge on any atom is -0.0654 e. The molecule has 0 aromatic rings. The molecule has 0 aromatic heterocycles. The molecule has 0 bridgehead atoms. The van der Waals surface area contributed by atoms with E-state index < -0.39 is 19.6 Å². The van der Waals surface area contributed by atoms with Crippen molar-refractivity contribution in [3.63, 3.8) is 0 Å². The van der Waals surface area contributed by atoms with Crippen LogP contribution in [0.2, 0.25) is 4.44 Å². The van der Waals surface area contributed by atoms with Crippen molar-refractivity contribution in [1.82, 2.24) is 0 Å². The third-order valence-electron chi connectivity index (χ3n) is 17.3. The SMILES string of the molecule is CCCCCCCCCCCCCCCCCCC(C)C(=S)[O][Sn]([CH2]CCCCCCC)([O]C(=S)C(C)CCCCCCCCCCCCCCCCCC)[O]C(=S)C(C)CCCCCCCCCCCCCCCCCC. The summed E-state index contributed by atoms with van der Waals surface area (Å²) in [6.07, 6.45) is 76.9. The van der Waals surface area contributed by atoms with Crippen LogP contribution in [0.15, 0.2) is 0 Å². The molecule has 0 aliphatic heterocycles. The Kier molecular flexibility index (Phi) is 62.4. The van der Waals surface area contributed by atoms with Gasteiger partial charge in [-0.1, -0.05) is 175 Å². The van der Waals surface area contributed by atoms with Crippen molar-refractivity contribution in [3.8, 4) is 0 Å². The van der Waals surface area contributed by atoms with Crippen LogP contribution in [0.4, 0.5) is 0 Å². The zero-order valence-electron chi connectivity index (χ0n) is 54.2. The molecular weight excluding hydrogens is 1120 g/mol. The molecule has 0 fully saturated rings. The van der Waals surface area contributed by atoms with Crippen LogP contribution < -0.4 is 0 Å². The molecule has 3 nitrogen and oxygen atoms in total. The van der Waals surface area contributed by atoms with E-state index in [1.165, 1.54) is 334 Å². The Bertz CT molecular complexity index is 1130. The Hall–Kier alpha value is 0.469. The summed E-state index contributed by atoms with van der Waals surface area (Å²) < 4.78 is 22.2. The van der Waals surface area contributed by atoms with Gasteiger partial charge in [-0.05, 0) is 0 Å². The minimum atomic E-state index is -4.48. The van der Waals surface area contributed by atoms with Crippen molar-refractivity contribution >= 4 is 71.4 Å². The third kappa shape index (κ3) is 53.2. The molecule has 0 amide bonds. The monoisotopic (exact) mass is 1260 g/mol. The fourth-order valence-electron chi connectivity index (χ4n) is 11.4. The van der Waals surface area contributed by atoms with Gasteiger partial charge in [0, 0.05) is 0 Å². The smallest absolute Gasteiger partial charge is 0.0654 e. The average Bonchev–Trinajstić information content (AvgIpc) is 3.45. The summed E-state index contributed by atoms with van der Waals surface area (Å²) in [4.78, 5) is 0. The fraction of sp³-hybridized carbons (Fsp3) is 0.958. The second-order valence-electron chi connectivity index (χ2n) is 25.4. The van der Waals surface area contributed by atoms with E-state index >= 15 is 0 Å². The fourth-order valence-corrected chi connectivity index (χ4v) is 21.9. The van der Waals surface area contributed by atoms with Gasteiger partial charge >= 0.3 is 342 Å². The maximum atomic E-state index is 7.14. The van der Waals surface area contributed by atoms with E-state index in [0.29, 0.717) is 15.2 Å². The van der Waals surface area contributed by atoms with E-state index in [-0.39, 0.29) is 17.8 Å². The number of rotatable bonds is 64. The summed E-state index contributed by atoms with van der Waals surface area (Å²) in [6.45, 7) is 16.0. The predicted molar refractivity (Wildman–Crippen MR) is 365 cm³/mol. The molecule has 78 heavy (non-hydrogen) atoms. The first-order valence-corrected chi connectivity index (χ1v) is 42.6. The van der Waals surface area contributed by atoms with Gasteiger partial charge in [-0.2, -0.15) is 0 Å². The third-order valence-corrected chi connectivity index (χ3v) is 27.3. The van der Waals surface area contributed by atoms with Gasteiger partial charge in [0.05, 0.1) is 0 Å². The predicted octanol–water partition coefficient (Wildman–Crippen LogP) is 27.2. The van der Waals surface area contributed by atoms with Crippen LogP contribution in [-0.4, -0.2) is 34.8 Å². The Morgan fingerprint density at radius 2 is 0.372 bits per heavy atom. The van der Waals surface area contributed by atoms with Gasteiger partial charge in [0.2, 0.25) is 0 Å². The van der Waals surface area contributed by atoms with Crippen LogP contribution in [0.5, 0.6) is 0 Å². The molecule has 3 unspecified atom stereocenters. The summed E-state index contributed by atoms with van der Waals surface area (Å²) in [5.74, 6) is 0.519. The van der Waals surface area contributed by atoms with Crippen molar-refractivity contribution in [1.29, 1.82) is 0 Å². The normalized spacial score (nSPS) is 13.6. The first kappa shape index (κ1) is 78.5. The van der Waals surface area contributed by atoms with Crippen molar-refractivity contribution in [2.75, 3.05) is 0 Å². The number of hydrogen-bond acceptors (Lipinski definition) is 6. The zero-order chi connectivity index (χ0) is 57.1. The van der Waals surface area contributed by atoms with E-state index in [4.69, 9.17) is 45.9 Å². The van der Waals surface area contributed by atoms with Crippen LogP contribution in [0.3, 0.4) is 0 Å². The molecule has 0 N–H and O–H groups in total. The summed E-state index contributed by atoms with van der Waals surface area (Å²) in [7, 11) is 0. The molecule has 0 saturated heterocycles. The molecule has 0 aliphatic carbocycles. The molecule has 0 rings (SSSR count). The second kappa shape index (κ2) is 62.0. The van der Waals surface area contributed by atoms with E-state index in [1.54, 1.807) is 0 Å². The van der Waals surface area contributed by atoms with Crippen LogP contribution in [0.25, 0.3) is 0 Å². The Labute approximate surface area is 513 Å². The van der Waals surface area contributed by atoms with E-state index in [1.807, 2.05) is 0 Å². The van der Waals surface area contributed by atoms with Gasteiger partial charge in [-0.25, -0.2) is 0 Å². The summed E-state index contributed by atoms with van der Waals surface area (Å²) in [5.41, 5.74) is 0. The molecule has 0 saturated carbocycles. The second-order valence-corrected chi connectivity index (χ2v) is 33.7. The van der Waals surface area contributed by atoms with Crippen molar-refractivity contribution in [3.05, 3.63) is 0 Å². The first-order valence-electron chi connectivity index (χ1n) is 35.8. The van der Waals surface area contributed by atoms with Crippen molar-refractivity contribution in [2.45, 2.75) is 419 Å². The summed E-state index contributed by atoms with van der Waals surface area (Å²) in [6, 6.07) is 0. The number of thiocarbonyl (C=S) groups is 3. The number of unbranched alkanes of at least 4 members (excludes halogenated alkanes) is 50. The molecule has 0 spiro atoms. The number of hydrogen-bond donors (Lipinski definition) is 0. The van der Waals surface area contributed by atoms with E-state index in [9.17, 15) is 0 Å². The van der Waals surface area contributed by atoms with Crippen LogP contribution in [0.1, 0.15) is 414 Å². The van der Waals surface area contributed by atoms with Crippen LogP contribution >= 0.6 is 36.7 Å². The van der Waals surface area contributed by atoms with Gasteiger partial charge in [-0.3, -0.25) is 0 Å².